The van der Waals surface area contributed by atoms with Crippen LogP contribution in [0.3, 0.4) is 0 Å². The number of halogens is 1. The number of rotatable bonds is 7. The third kappa shape index (κ3) is 4.69. The van der Waals surface area contributed by atoms with Gasteiger partial charge in [0.15, 0.2) is 0 Å². The number of aromatic nitrogens is 1. The van der Waals surface area contributed by atoms with Crippen LogP contribution in [0.15, 0.2) is 60.8 Å². The summed E-state index contributed by atoms with van der Waals surface area (Å²) in [6.07, 6.45) is 3.26. The van der Waals surface area contributed by atoms with Crippen molar-refractivity contribution >= 4 is 17.7 Å². The Labute approximate surface area is 202 Å². The molecule has 0 unspecified atom stereocenters. The van der Waals surface area contributed by atoms with Crippen LogP contribution >= 0.6 is 0 Å². The lowest BCUT2D eigenvalue weighted by atomic mass is 10.0. The van der Waals surface area contributed by atoms with Crippen LogP contribution in [0.5, 0.6) is 5.75 Å². The first-order valence-corrected chi connectivity index (χ1v) is 11.5. The number of methoxy groups -OCH3 is 1. The van der Waals surface area contributed by atoms with Crippen molar-refractivity contribution in [3.63, 3.8) is 0 Å². The first kappa shape index (κ1) is 22.8. The Bertz CT molecular complexity index is 1270. The number of benzene rings is 2. The van der Waals surface area contributed by atoms with E-state index in [1.54, 1.807) is 30.5 Å². The third-order valence-corrected chi connectivity index (χ3v) is 6.46. The molecule has 0 bridgehead atoms. The van der Waals surface area contributed by atoms with Gasteiger partial charge in [-0.25, -0.2) is 14.2 Å². The van der Waals surface area contributed by atoms with Gasteiger partial charge in [0.05, 0.1) is 36.9 Å². The van der Waals surface area contributed by atoms with Gasteiger partial charge in [0.25, 0.3) is 5.91 Å². The quantitative estimate of drug-likeness (QED) is 0.521. The normalized spacial score (nSPS) is 16.3. The Kier molecular flexibility index (Phi) is 5.88. The lowest BCUT2D eigenvalue weighted by molar-refractivity contribution is 0.0600. The molecule has 1 aromatic heterocycles. The molecular formula is C27H26FN3O4. The van der Waals surface area contributed by atoms with Gasteiger partial charge in [0.1, 0.15) is 23.5 Å². The summed E-state index contributed by atoms with van der Waals surface area (Å²) in [5.41, 5.74) is 2.36. The zero-order chi connectivity index (χ0) is 24.6. The summed E-state index contributed by atoms with van der Waals surface area (Å²) in [5, 5.41) is 3.20. The van der Waals surface area contributed by atoms with Crippen molar-refractivity contribution < 1.29 is 23.5 Å². The van der Waals surface area contributed by atoms with Crippen LogP contribution in [-0.4, -0.2) is 43.2 Å². The summed E-state index contributed by atoms with van der Waals surface area (Å²) >= 11 is 0. The van der Waals surface area contributed by atoms with Gasteiger partial charge in [-0.1, -0.05) is 18.2 Å². The summed E-state index contributed by atoms with van der Waals surface area (Å²) in [6, 6.07) is 15.1. The first-order chi connectivity index (χ1) is 16.9. The molecule has 2 aliphatic rings. The highest BCUT2D eigenvalue weighted by Gasteiger charge is 2.46. The molecule has 1 N–H and O–H groups in total. The summed E-state index contributed by atoms with van der Waals surface area (Å²) < 4.78 is 24.0. The number of nitrogens with zero attached hydrogens (tertiary/aromatic N) is 2. The van der Waals surface area contributed by atoms with Gasteiger partial charge in [0, 0.05) is 12.3 Å². The van der Waals surface area contributed by atoms with Crippen LogP contribution in [0.25, 0.3) is 0 Å². The van der Waals surface area contributed by atoms with Crippen molar-refractivity contribution in [3.8, 4) is 5.75 Å². The van der Waals surface area contributed by atoms with Gasteiger partial charge in [-0.15, -0.1) is 0 Å². The molecule has 35 heavy (non-hydrogen) atoms. The number of hydrogen-bond donors (Lipinski definition) is 1. The van der Waals surface area contributed by atoms with Crippen molar-refractivity contribution in [2.45, 2.75) is 31.4 Å². The van der Waals surface area contributed by atoms with Crippen LogP contribution in [0, 0.1) is 12.7 Å². The Morgan fingerprint density at radius 3 is 2.51 bits per heavy atom. The van der Waals surface area contributed by atoms with Gasteiger partial charge < -0.3 is 19.7 Å². The fourth-order valence-electron chi connectivity index (χ4n) is 4.34. The number of carbonyl (C=O) groups excluding carboxylic acids is 2. The maximum Gasteiger partial charge on any atom is 0.337 e. The lowest BCUT2D eigenvalue weighted by Gasteiger charge is -2.40. The Morgan fingerprint density at radius 1 is 1.11 bits per heavy atom. The minimum atomic E-state index is -0.454. The molecule has 2 heterocycles. The van der Waals surface area contributed by atoms with E-state index in [1.165, 1.54) is 19.2 Å². The third-order valence-electron chi connectivity index (χ3n) is 6.46. The fourth-order valence-corrected chi connectivity index (χ4v) is 4.34. The Hall–Kier alpha value is -3.94. The molecule has 1 amide bonds. The SMILES string of the molecule is COC(=O)c1ccc(C2(NC(=O)c3cc(C)cnc3N3CC(Oc4cccc(F)c4)C3)CC2)cc1. The zero-order valence-electron chi connectivity index (χ0n) is 19.6. The second-order valence-corrected chi connectivity index (χ2v) is 9.09. The molecule has 0 atom stereocenters. The van der Waals surface area contributed by atoms with E-state index in [0.717, 1.165) is 24.0 Å². The van der Waals surface area contributed by atoms with Gasteiger partial charge in [-0.3, -0.25) is 4.79 Å². The highest BCUT2D eigenvalue weighted by Crippen LogP contribution is 2.46. The summed E-state index contributed by atoms with van der Waals surface area (Å²) in [5.74, 6) is 0.157. The number of esters is 1. The van der Waals surface area contributed by atoms with Gasteiger partial charge in [-0.2, -0.15) is 0 Å². The molecule has 0 radical (unpaired) electrons. The van der Waals surface area contributed by atoms with Gasteiger partial charge in [-0.05, 0) is 61.2 Å². The van der Waals surface area contributed by atoms with E-state index in [0.29, 0.717) is 35.8 Å². The van der Waals surface area contributed by atoms with Crippen molar-refractivity contribution in [2.24, 2.45) is 0 Å². The predicted molar refractivity (Wildman–Crippen MR) is 128 cm³/mol. The number of amides is 1. The molecule has 5 rings (SSSR count). The van der Waals surface area contributed by atoms with Crippen LogP contribution in [0.1, 0.15) is 44.7 Å². The number of ether oxygens (including phenoxy) is 2. The summed E-state index contributed by atoms with van der Waals surface area (Å²) in [7, 11) is 1.35. The number of aryl methyl sites for hydroxylation is 1. The molecule has 1 aliphatic carbocycles. The van der Waals surface area contributed by atoms with Crippen molar-refractivity contribution in [2.75, 3.05) is 25.1 Å². The van der Waals surface area contributed by atoms with Crippen molar-refractivity contribution in [3.05, 3.63) is 88.9 Å². The molecule has 1 saturated carbocycles. The number of pyridine rings is 1. The average Bonchev–Trinajstić information content (AvgIpc) is 3.61. The van der Waals surface area contributed by atoms with Crippen molar-refractivity contribution in [1.29, 1.82) is 0 Å². The Balaban J connectivity index is 1.29. The van der Waals surface area contributed by atoms with E-state index in [1.807, 2.05) is 30.0 Å². The second kappa shape index (κ2) is 9.02. The lowest BCUT2D eigenvalue weighted by Crippen LogP contribution is -2.55. The van der Waals surface area contributed by atoms with Gasteiger partial charge >= 0.3 is 5.97 Å². The van der Waals surface area contributed by atoms with E-state index >= 15 is 0 Å². The molecule has 2 aromatic carbocycles. The van der Waals surface area contributed by atoms with E-state index in [9.17, 15) is 14.0 Å². The fraction of sp³-hybridized carbons (Fsp3) is 0.296. The van der Waals surface area contributed by atoms with E-state index in [2.05, 4.69) is 10.3 Å². The van der Waals surface area contributed by atoms with Crippen LogP contribution in [0.4, 0.5) is 10.2 Å². The first-order valence-electron chi connectivity index (χ1n) is 11.5. The van der Waals surface area contributed by atoms with Crippen LogP contribution in [0.2, 0.25) is 0 Å². The molecule has 180 valence electrons. The molecule has 3 aromatic rings. The molecule has 1 saturated heterocycles. The summed E-state index contributed by atoms with van der Waals surface area (Å²) in [6.45, 7) is 3.00. The number of anilines is 1. The molecule has 2 fully saturated rings. The average molecular weight is 476 g/mol. The number of carbonyl (C=O) groups is 2. The molecule has 8 heteroatoms. The minimum Gasteiger partial charge on any atom is -0.487 e. The van der Waals surface area contributed by atoms with Crippen molar-refractivity contribution in [1.82, 2.24) is 10.3 Å². The molecule has 7 nitrogen and oxygen atoms in total. The highest BCUT2D eigenvalue weighted by molar-refractivity contribution is 6.00. The largest absolute Gasteiger partial charge is 0.487 e. The molecular weight excluding hydrogens is 449 g/mol. The van der Waals surface area contributed by atoms with E-state index in [-0.39, 0.29) is 17.8 Å². The number of hydrogen-bond acceptors (Lipinski definition) is 6. The predicted octanol–water partition coefficient (Wildman–Crippen LogP) is 4.00. The molecule has 1 aliphatic heterocycles. The van der Waals surface area contributed by atoms with E-state index < -0.39 is 11.5 Å². The minimum absolute atomic E-state index is 0.112. The van der Waals surface area contributed by atoms with Crippen LogP contribution in [-0.2, 0) is 10.3 Å². The maximum atomic E-state index is 13.4. The van der Waals surface area contributed by atoms with Gasteiger partial charge in [0.2, 0.25) is 0 Å². The second-order valence-electron chi connectivity index (χ2n) is 9.09. The number of nitrogens with one attached hydrogen (secondary N) is 1. The zero-order valence-corrected chi connectivity index (χ0v) is 19.6. The highest BCUT2D eigenvalue weighted by atomic mass is 19.1. The monoisotopic (exact) mass is 475 g/mol. The van der Waals surface area contributed by atoms with Crippen LogP contribution < -0.4 is 15.0 Å². The Morgan fingerprint density at radius 2 is 1.86 bits per heavy atom. The summed E-state index contributed by atoms with van der Waals surface area (Å²) in [4.78, 5) is 31.7. The standard InChI is InChI=1S/C27H26FN3O4/c1-17-12-23(24(29-14-17)31-15-22(16-31)35-21-5-3-4-20(28)13-21)25(32)30-27(10-11-27)19-8-6-18(7-9-19)26(33)34-2/h3-9,12-14,22H,10-11,15-16H2,1-2H3,(H,30,32). The smallest absolute Gasteiger partial charge is 0.337 e. The van der Waals surface area contributed by atoms with E-state index in [4.69, 9.17) is 9.47 Å². The topological polar surface area (TPSA) is 80.8 Å². The maximum absolute atomic E-state index is 13.4. The molecule has 0 spiro atoms.